The Balaban J connectivity index is 1.65. The summed E-state index contributed by atoms with van der Waals surface area (Å²) in [7, 11) is -1.70. The smallest absolute Gasteiger partial charge is 0.239 e. The van der Waals surface area contributed by atoms with Gasteiger partial charge in [-0.2, -0.15) is 4.98 Å². The van der Waals surface area contributed by atoms with Gasteiger partial charge in [0.25, 0.3) is 0 Å². The number of aromatic nitrogens is 4. The summed E-state index contributed by atoms with van der Waals surface area (Å²) in [5.74, 6) is 1.94. The third-order valence-corrected chi connectivity index (χ3v) is 9.35. The average molecular weight is 505 g/mol. The van der Waals surface area contributed by atoms with Gasteiger partial charge in [0.15, 0.2) is 21.4 Å². The van der Waals surface area contributed by atoms with Crippen LogP contribution in [0.15, 0.2) is 18.2 Å². The average Bonchev–Trinajstić information content (AvgIpc) is 3.14. The Labute approximate surface area is 202 Å². The van der Waals surface area contributed by atoms with Crippen LogP contribution in [-0.2, 0) is 19.3 Å². The van der Waals surface area contributed by atoms with Gasteiger partial charge in [0.05, 0.1) is 30.3 Å². The molecule has 12 heteroatoms. The molecule has 1 saturated heterocycles. The summed E-state index contributed by atoms with van der Waals surface area (Å²) in [4.78, 5) is 16.6. The van der Waals surface area contributed by atoms with E-state index in [1.165, 1.54) is 6.26 Å². The van der Waals surface area contributed by atoms with Crippen molar-refractivity contribution in [2.24, 2.45) is 0 Å². The maximum Gasteiger partial charge on any atom is 0.239 e. The van der Waals surface area contributed by atoms with Gasteiger partial charge in [-0.1, -0.05) is 11.6 Å². The molecule has 2 fully saturated rings. The molecule has 10 nitrogen and oxygen atoms in total. The summed E-state index contributed by atoms with van der Waals surface area (Å²) < 4.78 is 38.7. The Morgan fingerprint density at radius 2 is 2.03 bits per heavy atom. The van der Waals surface area contributed by atoms with Gasteiger partial charge in [0, 0.05) is 24.9 Å². The van der Waals surface area contributed by atoms with E-state index in [4.69, 9.17) is 31.0 Å². The fourth-order valence-electron chi connectivity index (χ4n) is 5.12. The van der Waals surface area contributed by atoms with Gasteiger partial charge >= 0.3 is 0 Å². The van der Waals surface area contributed by atoms with Gasteiger partial charge in [-0.15, -0.1) is 0 Å². The van der Waals surface area contributed by atoms with Crippen molar-refractivity contribution in [2.75, 3.05) is 49.9 Å². The molecule has 0 bridgehead atoms. The van der Waals surface area contributed by atoms with Crippen molar-refractivity contribution >= 4 is 44.2 Å². The van der Waals surface area contributed by atoms with E-state index >= 15 is 0 Å². The molecule has 0 amide bonds. The van der Waals surface area contributed by atoms with Crippen molar-refractivity contribution in [2.45, 2.75) is 30.1 Å². The van der Waals surface area contributed by atoms with E-state index in [0.29, 0.717) is 78.9 Å². The molecule has 4 heterocycles. The van der Waals surface area contributed by atoms with Crippen molar-refractivity contribution in [1.82, 2.24) is 19.5 Å². The SMILES string of the molecule is CNc1nc2cc(Cl)ccc2n1-c1nc2c(c(C3(S(C)(=O)=O)CCC3)n1)OCC1COCCN21. The standard InChI is InChI=1S/C22H25ClN6O4S/c1-24-20-25-15-10-13(23)4-5-16(15)29(20)21-26-18(22(6-3-7-22)34(2,30)31)17-19(27-21)28-8-9-32-11-14(28)12-33-17/h4-5,10,14H,3,6-9,11-12H2,1-2H3,(H,24,25). The summed E-state index contributed by atoms with van der Waals surface area (Å²) in [5, 5.41) is 3.67. The highest BCUT2D eigenvalue weighted by Crippen LogP contribution is 2.52. The fraction of sp³-hybridized carbons (Fsp3) is 0.500. The number of nitrogens with zero attached hydrogens (tertiary/aromatic N) is 5. The zero-order valence-electron chi connectivity index (χ0n) is 18.9. The molecule has 1 aromatic carbocycles. The van der Waals surface area contributed by atoms with E-state index in [0.717, 1.165) is 11.9 Å². The Morgan fingerprint density at radius 3 is 2.74 bits per heavy atom. The monoisotopic (exact) mass is 504 g/mol. The molecule has 1 saturated carbocycles. The molecule has 180 valence electrons. The lowest BCUT2D eigenvalue weighted by atomic mass is 9.81. The summed E-state index contributed by atoms with van der Waals surface area (Å²) >= 11 is 6.20. The summed E-state index contributed by atoms with van der Waals surface area (Å²) in [6, 6.07) is 5.43. The molecule has 2 aliphatic heterocycles. The molecule has 3 aromatic rings. The highest BCUT2D eigenvalue weighted by molar-refractivity contribution is 7.91. The van der Waals surface area contributed by atoms with E-state index in [-0.39, 0.29) is 6.04 Å². The number of rotatable bonds is 4. The first-order valence-electron chi connectivity index (χ1n) is 11.3. The first kappa shape index (κ1) is 21.9. The van der Waals surface area contributed by atoms with Crippen molar-refractivity contribution in [3.63, 3.8) is 0 Å². The predicted octanol–water partition coefficient (Wildman–Crippen LogP) is 2.53. The number of hydrogen-bond donors (Lipinski definition) is 1. The zero-order valence-corrected chi connectivity index (χ0v) is 20.5. The molecule has 1 N–H and O–H groups in total. The molecule has 1 aliphatic carbocycles. The Morgan fingerprint density at radius 1 is 1.21 bits per heavy atom. The molecule has 3 aliphatic rings. The van der Waals surface area contributed by atoms with Gasteiger partial charge in [-0.25, -0.2) is 23.0 Å². The van der Waals surface area contributed by atoms with Gasteiger partial charge in [0.1, 0.15) is 17.0 Å². The van der Waals surface area contributed by atoms with Crippen LogP contribution in [0.25, 0.3) is 17.0 Å². The highest BCUT2D eigenvalue weighted by Gasteiger charge is 2.53. The van der Waals surface area contributed by atoms with Crippen LogP contribution in [0.1, 0.15) is 25.0 Å². The summed E-state index contributed by atoms with van der Waals surface area (Å²) in [6.07, 6.45) is 3.11. The van der Waals surface area contributed by atoms with E-state index in [1.807, 2.05) is 6.07 Å². The van der Waals surface area contributed by atoms with Crippen molar-refractivity contribution < 1.29 is 17.9 Å². The van der Waals surface area contributed by atoms with Crippen LogP contribution in [-0.4, -0.2) is 73.6 Å². The third-order valence-electron chi connectivity index (χ3n) is 7.10. The van der Waals surface area contributed by atoms with E-state index < -0.39 is 14.6 Å². The van der Waals surface area contributed by atoms with Crippen molar-refractivity contribution in [1.29, 1.82) is 0 Å². The zero-order chi connectivity index (χ0) is 23.7. The number of morpholine rings is 1. The first-order chi connectivity index (χ1) is 16.3. The maximum absolute atomic E-state index is 13.1. The second kappa shape index (κ2) is 7.69. The van der Waals surface area contributed by atoms with Crippen LogP contribution >= 0.6 is 11.6 Å². The number of ether oxygens (including phenoxy) is 2. The molecule has 34 heavy (non-hydrogen) atoms. The lowest BCUT2D eigenvalue weighted by Crippen LogP contribution is -2.52. The van der Waals surface area contributed by atoms with Crippen molar-refractivity contribution in [3.05, 3.63) is 28.9 Å². The van der Waals surface area contributed by atoms with Crippen LogP contribution in [0.3, 0.4) is 0 Å². The summed E-state index contributed by atoms with van der Waals surface area (Å²) in [6.45, 7) is 2.13. The normalized spacial score (nSPS) is 21.4. The lowest BCUT2D eigenvalue weighted by Gasteiger charge is -2.44. The van der Waals surface area contributed by atoms with Crippen LogP contribution in [0.5, 0.6) is 5.75 Å². The van der Waals surface area contributed by atoms with Gasteiger partial charge in [-0.3, -0.25) is 0 Å². The number of imidazole rings is 1. The molecule has 2 aromatic heterocycles. The second-order valence-corrected chi connectivity index (χ2v) is 11.8. The van der Waals surface area contributed by atoms with E-state index in [9.17, 15) is 8.42 Å². The molecular weight excluding hydrogens is 480 g/mol. The third kappa shape index (κ3) is 3.10. The Bertz CT molecular complexity index is 1400. The van der Waals surface area contributed by atoms with Crippen LogP contribution < -0.4 is 15.0 Å². The topological polar surface area (TPSA) is 111 Å². The lowest BCUT2D eigenvalue weighted by molar-refractivity contribution is 0.0687. The molecule has 0 radical (unpaired) electrons. The predicted molar refractivity (Wildman–Crippen MR) is 129 cm³/mol. The minimum absolute atomic E-state index is 0.00883. The van der Waals surface area contributed by atoms with E-state index in [2.05, 4.69) is 15.2 Å². The van der Waals surface area contributed by atoms with Crippen LogP contribution in [0.4, 0.5) is 11.8 Å². The van der Waals surface area contributed by atoms with Crippen molar-refractivity contribution in [3.8, 4) is 11.7 Å². The number of anilines is 2. The first-order valence-corrected chi connectivity index (χ1v) is 13.5. The number of hydrogen-bond acceptors (Lipinski definition) is 9. The highest BCUT2D eigenvalue weighted by atomic mass is 35.5. The Hall–Kier alpha value is -2.63. The number of halogens is 1. The van der Waals surface area contributed by atoms with Gasteiger partial charge in [0.2, 0.25) is 11.9 Å². The maximum atomic E-state index is 13.1. The largest absolute Gasteiger partial charge is 0.486 e. The number of benzene rings is 1. The molecule has 1 unspecified atom stereocenters. The molecule has 1 atom stereocenters. The van der Waals surface area contributed by atoms with Crippen LogP contribution in [0, 0.1) is 0 Å². The van der Waals surface area contributed by atoms with Crippen LogP contribution in [0.2, 0.25) is 5.02 Å². The number of nitrogens with one attached hydrogen (secondary N) is 1. The van der Waals surface area contributed by atoms with Gasteiger partial charge < -0.3 is 19.7 Å². The molecule has 0 spiro atoms. The quantitative estimate of drug-likeness (QED) is 0.572. The summed E-state index contributed by atoms with van der Waals surface area (Å²) in [5.41, 5.74) is 1.88. The molecule has 6 rings (SSSR count). The van der Waals surface area contributed by atoms with Gasteiger partial charge in [-0.05, 0) is 37.5 Å². The number of fused-ring (bicyclic) bond motifs is 4. The van der Waals surface area contributed by atoms with E-state index in [1.54, 1.807) is 23.7 Å². The minimum Gasteiger partial charge on any atom is -0.486 e. The second-order valence-electron chi connectivity index (χ2n) is 9.03. The molecular formula is C22H25ClN6O4S. The minimum atomic E-state index is -3.46. The Kier molecular flexibility index (Phi) is 4.95. The fourth-order valence-corrected chi connectivity index (χ4v) is 6.81. The number of sulfone groups is 1.